The van der Waals surface area contributed by atoms with Crippen LogP contribution in [0.3, 0.4) is 0 Å². The number of carbonyl (C=O) groups is 3. The first-order valence-corrected chi connectivity index (χ1v) is 11.1. The van der Waals surface area contributed by atoms with E-state index in [-0.39, 0.29) is 27.6 Å². The summed E-state index contributed by atoms with van der Waals surface area (Å²) in [7, 11) is -0.652. The normalized spacial score (nSPS) is 17.3. The molecule has 2 aliphatic rings. The van der Waals surface area contributed by atoms with Crippen molar-refractivity contribution < 1.29 is 22.8 Å². The van der Waals surface area contributed by atoms with E-state index in [0.717, 1.165) is 24.2 Å². The van der Waals surface area contributed by atoms with Crippen LogP contribution in [0.15, 0.2) is 35.4 Å². The maximum Gasteiger partial charge on any atom is 0.272 e. The van der Waals surface area contributed by atoms with Crippen molar-refractivity contribution in [3.05, 3.63) is 47.3 Å². The van der Waals surface area contributed by atoms with Crippen LogP contribution in [0.25, 0.3) is 0 Å². The molecule has 10 heteroatoms. The van der Waals surface area contributed by atoms with Crippen molar-refractivity contribution in [2.45, 2.75) is 24.2 Å². The zero-order chi connectivity index (χ0) is 21.6. The van der Waals surface area contributed by atoms with Crippen molar-refractivity contribution >= 4 is 33.4 Å². The van der Waals surface area contributed by atoms with Gasteiger partial charge in [-0.25, -0.2) is 8.42 Å². The second-order valence-electron chi connectivity index (χ2n) is 7.52. The van der Waals surface area contributed by atoms with E-state index in [9.17, 15) is 22.8 Å². The Balaban J connectivity index is 1.57. The van der Waals surface area contributed by atoms with Crippen molar-refractivity contribution in [2.75, 3.05) is 25.5 Å². The standard InChI is InChI=1S/C20H22N4O5S/c1-22-12-14(30(28,29)24-8-4-3-5-9-24)11-17(22)18(25)21-13-6-7-15-16(10-13)20(27)23(2)19(15)26/h6-7,10-12H,3-5,8-9H2,1-2H3,(H,21,25). The molecule has 3 amide bonds. The SMILES string of the molecule is CN1C(=O)c2ccc(NC(=O)c3cc(S(=O)(=O)N4CCCCC4)cn3C)cc2C1=O. The molecule has 0 atom stereocenters. The molecule has 0 saturated carbocycles. The maximum atomic E-state index is 12.9. The fourth-order valence-electron chi connectivity index (χ4n) is 3.79. The number of anilines is 1. The first kappa shape index (κ1) is 20.3. The third-order valence-corrected chi connectivity index (χ3v) is 7.38. The number of aryl methyl sites for hydroxylation is 1. The molecule has 30 heavy (non-hydrogen) atoms. The van der Waals surface area contributed by atoms with Gasteiger partial charge in [0.05, 0.1) is 11.1 Å². The molecule has 1 aromatic carbocycles. The lowest BCUT2D eigenvalue weighted by Gasteiger charge is -2.25. The Morgan fingerprint density at radius 1 is 0.967 bits per heavy atom. The number of rotatable bonds is 4. The Kier molecular flexibility index (Phi) is 4.99. The van der Waals surface area contributed by atoms with Gasteiger partial charge in [-0.2, -0.15) is 4.31 Å². The molecule has 158 valence electrons. The van der Waals surface area contributed by atoms with Gasteiger partial charge < -0.3 is 9.88 Å². The van der Waals surface area contributed by atoms with Gasteiger partial charge in [0.1, 0.15) is 10.6 Å². The van der Waals surface area contributed by atoms with Gasteiger partial charge in [-0.3, -0.25) is 19.3 Å². The molecule has 0 radical (unpaired) electrons. The van der Waals surface area contributed by atoms with Crippen molar-refractivity contribution in [3.63, 3.8) is 0 Å². The zero-order valence-corrected chi connectivity index (χ0v) is 17.5. The Hall–Kier alpha value is -2.98. The van der Waals surface area contributed by atoms with E-state index in [2.05, 4.69) is 5.32 Å². The number of piperidine rings is 1. The van der Waals surface area contributed by atoms with Crippen LogP contribution in [0, 0.1) is 0 Å². The van der Waals surface area contributed by atoms with Crippen LogP contribution in [-0.2, 0) is 17.1 Å². The van der Waals surface area contributed by atoms with E-state index in [0.29, 0.717) is 18.8 Å². The molecule has 1 aromatic heterocycles. The summed E-state index contributed by atoms with van der Waals surface area (Å²) in [5, 5.41) is 2.67. The van der Waals surface area contributed by atoms with Gasteiger partial charge in [-0.1, -0.05) is 6.42 Å². The predicted octanol–water partition coefficient (Wildman–Crippen LogP) is 1.68. The van der Waals surface area contributed by atoms with Crippen molar-refractivity contribution in [1.29, 1.82) is 0 Å². The van der Waals surface area contributed by atoms with Crippen LogP contribution in [0.1, 0.15) is 50.5 Å². The average molecular weight is 430 g/mol. The summed E-state index contributed by atoms with van der Waals surface area (Å²) >= 11 is 0. The maximum absolute atomic E-state index is 12.9. The number of hydrogen-bond acceptors (Lipinski definition) is 5. The van der Waals surface area contributed by atoms with E-state index in [4.69, 9.17) is 0 Å². The smallest absolute Gasteiger partial charge is 0.272 e. The molecule has 2 aromatic rings. The number of benzene rings is 1. The highest BCUT2D eigenvalue weighted by Crippen LogP contribution is 2.26. The lowest BCUT2D eigenvalue weighted by molar-refractivity contribution is 0.0692. The number of carbonyl (C=O) groups excluding carboxylic acids is 3. The van der Waals surface area contributed by atoms with Gasteiger partial charge in [0.25, 0.3) is 17.7 Å². The molecule has 0 bridgehead atoms. The number of sulfonamides is 1. The minimum Gasteiger partial charge on any atom is -0.345 e. The first-order valence-electron chi connectivity index (χ1n) is 9.64. The lowest BCUT2D eigenvalue weighted by atomic mass is 10.1. The van der Waals surface area contributed by atoms with Gasteiger partial charge in [-0.15, -0.1) is 0 Å². The number of hydrogen-bond donors (Lipinski definition) is 1. The van der Waals surface area contributed by atoms with Crippen LogP contribution >= 0.6 is 0 Å². The minimum absolute atomic E-state index is 0.0772. The second-order valence-corrected chi connectivity index (χ2v) is 9.46. The Morgan fingerprint density at radius 2 is 1.63 bits per heavy atom. The van der Waals surface area contributed by atoms with Crippen molar-refractivity contribution in [3.8, 4) is 0 Å². The molecule has 3 heterocycles. The second kappa shape index (κ2) is 7.37. The number of nitrogens with one attached hydrogen (secondary N) is 1. The fraction of sp³-hybridized carbons (Fsp3) is 0.350. The van der Waals surface area contributed by atoms with Gasteiger partial charge in [0.15, 0.2) is 0 Å². The van der Waals surface area contributed by atoms with Gasteiger partial charge >= 0.3 is 0 Å². The molecular weight excluding hydrogens is 408 g/mol. The Bertz CT molecular complexity index is 1160. The molecule has 1 fully saturated rings. The van der Waals surface area contributed by atoms with Crippen molar-refractivity contribution in [1.82, 2.24) is 13.8 Å². The van der Waals surface area contributed by atoms with Crippen LogP contribution < -0.4 is 5.32 Å². The molecule has 4 rings (SSSR count). The van der Waals surface area contributed by atoms with Gasteiger partial charge in [0, 0.05) is 39.1 Å². The lowest BCUT2D eigenvalue weighted by Crippen LogP contribution is -2.35. The average Bonchev–Trinajstić information content (AvgIpc) is 3.23. The highest BCUT2D eigenvalue weighted by atomic mass is 32.2. The van der Waals surface area contributed by atoms with Crippen LogP contribution in [0.5, 0.6) is 0 Å². The zero-order valence-electron chi connectivity index (χ0n) is 16.7. The summed E-state index contributed by atoms with van der Waals surface area (Å²) < 4.78 is 28.6. The van der Waals surface area contributed by atoms with Gasteiger partial charge in [0.2, 0.25) is 10.0 Å². The van der Waals surface area contributed by atoms with E-state index >= 15 is 0 Å². The molecule has 0 spiro atoms. The molecule has 9 nitrogen and oxygen atoms in total. The van der Waals surface area contributed by atoms with E-state index in [1.165, 1.54) is 46.4 Å². The summed E-state index contributed by atoms with van der Waals surface area (Å²) in [4.78, 5) is 38.0. The minimum atomic E-state index is -3.65. The quantitative estimate of drug-likeness (QED) is 0.743. The highest BCUT2D eigenvalue weighted by Gasteiger charge is 2.33. The van der Waals surface area contributed by atoms with Gasteiger partial charge in [-0.05, 0) is 37.1 Å². The number of fused-ring (bicyclic) bond motifs is 1. The summed E-state index contributed by atoms with van der Waals surface area (Å²) in [6.45, 7) is 0.962. The Morgan fingerprint density at radius 3 is 2.33 bits per heavy atom. The summed E-state index contributed by atoms with van der Waals surface area (Å²) in [6.07, 6.45) is 4.10. The molecule has 1 N–H and O–H groups in total. The van der Waals surface area contributed by atoms with E-state index in [1.807, 2.05) is 0 Å². The largest absolute Gasteiger partial charge is 0.345 e. The van der Waals surface area contributed by atoms with E-state index < -0.39 is 21.8 Å². The highest BCUT2D eigenvalue weighted by molar-refractivity contribution is 7.89. The molecular formula is C20H22N4O5S. The number of nitrogens with zero attached hydrogens (tertiary/aromatic N) is 3. The first-order chi connectivity index (χ1) is 14.2. The van der Waals surface area contributed by atoms with Crippen LogP contribution in [0.4, 0.5) is 5.69 Å². The molecule has 0 aliphatic carbocycles. The molecule has 1 saturated heterocycles. The predicted molar refractivity (Wildman–Crippen MR) is 109 cm³/mol. The Labute approximate surface area is 174 Å². The number of amides is 3. The number of imide groups is 1. The van der Waals surface area contributed by atoms with E-state index in [1.54, 1.807) is 7.05 Å². The third kappa shape index (κ3) is 3.31. The number of aromatic nitrogens is 1. The van der Waals surface area contributed by atoms with Crippen LogP contribution in [0.2, 0.25) is 0 Å². The third-order valence-electron chi connectivity index (χ3n) is 5.51. The molecule has 2 aliphatic heterocycles. The molecule has 0 unspecified atom stereocenters. The summed E-state index contributed by atoms with van der Waals surface area (Å²) in [6, 6.07) is 5.84. The van der Waals surface area contributed by atoms with Crippen LogP contribution in [-0.4, -0.2) is 60.0 Å². The summed E-state index contributed by atoms with van der Waals surface area (Å²) in [5.41, 5.74) is 1.03. The monoisotopic (exact) mass is 430 g/mol. The summed E-state index contributed by atoms with van der Waals surface area (Å²) in [5.74, 6) is -1.33. The van der Waals surface area contributed by atoms with Crippen molar-refractivity contribution in [2.24, 2.45) is 7.05 Å². The topological polar surface area (TPSA) is 109 Å². The fourth-order valence-corrected chi connectivity index (χ4v) is 5.38.